The Bertz CT molecular complexity index is 691. The van der Waals surface area contributed by atoms with E-state index in [1.165, 1.54) is 16.5 Å². The van der Waals surface area contributed by atoms with Crippen molar-refractivity contribution in [2.45, 2.75) is 13.2 Å². The number of alkyl halides is 1. The summed E-state index contributed by atoms with van der Waals surface area (Å²) in [4.78, 5) is 0. The highest BCUT2D eigenvalue weighted by Crippen LogP contribution is 2.27. The van der Waals surface area contributed by atoms with Gasteiger partial charge in [0, 0.05) is 23.5 Å². The summed E-state index contributed by atoms with van der Waals surface area (Å²) in [5.74, 6) is 0.944. The van der Waals surface area contributed by atoms with Gasteiger partial charge >= 0.3 is 0 Å². The molecule has 1 aromatic heterocycles. The minimum absolute atomic E-state index is 0.601. The van der Waals surface area contributed by atoms with Crippen LogP contribution < -0.4 is 4.74 Å². The van der Waals surface area contributed by atoms with E-state index in [2.05, 4.69) is 51.0 Å². The Morgan fingerprint density at radius 2 is 1.80 bits per heavy atom. The van der Waals surface area contributed by atoms with Crippen LogP contribution in [0, 0.1) is 0 Å². The van der Waals surface area contributed by atoms with Crippen molar-refractivity contribution < 1.29 is 4.74 Å². The molecule has 0 aliphatic rings. The van der Waals surface area contributed by atoms with Crippen molar-refractivity contribution in [1.82, 2.24) is 4.57 Å². The third-order valence-corrected chi connectivity index (χ3v) is 3.69. The van der Waals surface area contributed by atoms with Crippen LogP contribution in [-0.4, -0.2) is 9.90 Å². The molecule has 0 spiro atoms. The topological polar surface area (TPSA) is 14.2 Å². The molecule has 2 nitrogen and oxygen atoms in total. The van der Waals surface area contributed by atoms with Gasteiger partial charge in [0.25, 0.3) is 0 Å². The molecule has 2 aromatic carbocycles. The highest BCUT2D eigenvalue weighted by molar-refractivity contribution is 9.09. The number of hydrogen-bond acceptors (Lipinski definition) is 1. The molecule has 3 rings (SSSR count). The lowest BCUT2D eigenvalue weighted by Crippen LogP contribution is -1.97. The largest absolute Gasteiger partial charge is 0.488 e. The van der Waals surface area contributed by atoms with Crippen LogP contribution in [0.3, 0.4) is 0 Å². The van der Waals surface area contributed by atoms with E-state index in [1.54, 1.807) is 0 Å². The van der Waals surface area contributed by atoms with Crippen LogP contribution in [-0.2, 0) is 13.2 Å². The molecule has 0 N–H and O–H groups in total. The Morgan fingerprint density at radius 3 is 2.60 bits per heavy atom. The molecule has 0 radical (unpaired) electrons. The lowest BCUT2D eigenvalue weighted by molar-refractivity contribution is 0.310. The number of ether oxygens (including phenoxy) is 1. The Labute approximate surface area is 127 Å². The Kier molecular flexibility index (Phi) is 4.07. The number of rotatable bonds is 5. The van der Waals surface area contributed by atoms with E-state index in [-0.39, 0.29) is 0 Å². The zero-order valence-electron chi connectivity index (χ0n) is 11.1. The van der Waals surface area contributed by atoms with Crippen molar-refractivity contribution in [2.24, 2.45) is 0 Å². The van der Waals surface area contributed by atoms with Crippen molar-refractivity contribution >= 4 is 26.8 Å². The highest BCUT2D eigenvalue weighted by atomic mass is 79.9. The number of fused-ring (bicyclic) bond motifs is 1. The molecule has 0 saturated heterocycles. The molecule has 0 amide bonds. The number of aryl methyl sites for hydroxylation is 1. The fraction of sp³-hybridized carbons (Fsp3) is 0.176. The average Bonchev–Trinajstić information content (AvgIpc) is 2.91. The van der Waals surface area contributed by atoms with Crippen LogP contribution in [0.2, 0.25) is 0 Å². The molecule has 0 saturated carbocycles. The normalized spacial score (nSPS) is 10.8. The molecule has 0 bridgehead atoms. The molecule has 1 heterocycles. The standard InChI is InChI=1S/C17H16BrNO/c18-10-12-19-11-9-15-16(19)7-4-8-17(15)20-13-14-5-2-1-3-6-14/h1-9,11H,10,12-13H2. The third kappa shape index (κ3) is 2.73. The molecule has 20 heavy (non-hydrogen) atoms. The van der Waals surface area contributed by atoms with Gasteiger partial charge < -0.3 is 9.30 Å². The minimum atomic E-state index is 0.601. The Hall–Kier alpha value is -1.74. The van der Waals surface area contributed by atoms with Crippen molar-refractivity contribution in [2.75, 3.05) is 5.33 Å². The number of benzene rings is 2. The maximum absolute atomic E-state index is 5.97. The van der Waals surface area contributed by atoms with Gasteiger partial charge in [-0.25, -0.2) is 0 Å². The summed E-state index contributed by atoms with van der Waals surface area (Å²) in [5.41, 5.74) is 2.40. The first-order chi connectivity index (χ1) is 9.88. The van der Waals surface area contributed by atoms with Gasteiger partial charge in [-0.2, -0.15) is 0 Å². The van der Waals surface area contributed by atoms with E-state index >= 15 is 0 Å². The zero-order chi connectivity index (χ0) is 13.8. The average molecular weight is 330 g/mol. The van der Waals surface area contributed by atoms with E-state index < -0.39 is 0 Å². The molecule has 0 aliphatic carbocycles. The lowest BCUT2D eigenvalue weighted by Gasteiger charge is -2.08. The molecule has 3 aromatic rings. The SMILES string of the molecule is BrCCn1ccc2c(OCc3ccccc3)cccc21. The zero-order valence-corrected chi connectivity index (χ0v) is 12.7. The molecule has 102 valence electrons. The molecule has 0 fully saturated rings. The summed E-state index contributed by atoms with van der Waals surface area (Å²) in [5, 5.41) is 2.12. The third-order valence-electron chi connectivity index (χ3n) is 3.34. The van der Waals surface area contributed by atoms with E-state index in [1.807, 2.05) is 30.3 Å². The fourth-order valence-electron chi connectivity index (χ4n) is 2.34. The quantitative estimate of drug-likeness (QED) is 0.623. The highest BCUT2D eigenvalue weighted by Gasteiger charge is 2.06. The molecule has 0 aliphatic heterocycles. The van der Waals surface area contributed by atoms with Gasteiger partial charge in [0.05, 0.1) is 5.52 Å². The molecule has 0 unspecified atom stereocenters. The van der Waals surface area contributed by atoms with Crippen molar-refractivity contribution in [3.8, 4) is 5.75 Å². The Balaban J connectivity index is 1.85. The first-order valence-electron chi connectivity index (χ1n) is 6.69. The summed E-state index contributed by atoms with van der Waals surface area (Å²) >= 11 is 3.48. The first-order valence-corrected chi connectivity index (χ1v) is 7.81. The van der Waals surface area contributed by atoms with Crippen molar-refractivity contribution in [1.29, 1.82) is 0 Å². The van der Waals surface area contributed by atoms with Crippen LogP contribution in [0.25, 0.3) is 10.9 Å². The molecular weight excluding hydrogens is 314 g/mol. The van der Waals surface area contributed by atoms with Crippen LogP contribution >= 0.6 is 15.9 Å². The maximum atomic E-state index is 5.97. The van der Waals surface area contributed by atoms with Gasteiger partial charge in [0.15, 0.2) is 0 Å². The van der Waals surface area contributed by atoms with E-state index in [9.17, 15) is 0 Å². The summed E-state index contributed by atoms with van der Waals surface area (Å²) in [6.07, 6.45) is 2.11. The van der Waals surface area contributed by atoms with Gasteiger partial charge in [0.1, 0.15) is 12.4 Å². The van der Waals surface area contributed by atoms with Gasteiger partial charge in [-0.05, 0) is 23.8 Å². The smallest absolute Gasteiger partial charge is 0.129 e. The van der Waals surface area contributed by atoms with Crippen LogP contribution in [0.5, 0.6) is 5.75 Å². The molecule has 0 atom stereocenters. The molecular formula is C17H16BrNO. The minimum Gasteiger partial charge on any atom is -0.488 e. The second-order valence-corrected chi connectivity index (χ2v) is 5.45. The predicted molar refractivity (Wildman–Crippen MR) is 86.5 cm³/mol. The predicted octanol–water partition coefficient (Wildman–Crippen LogP) is 4.62. The monoisotopic (exact) mass is 329 g/mol. The van der Waals surface area contributed by atoms with Crippen LogP contribution in [0.15, 0.2) is 60.8 Å². The number of hydrogen-bond donors (Lipinski definition) is 0. The number of aromatic nitrogens is 1. The van der Waals surface area contributed by atoms with Crippen molar-refractivity contribution in [3.05, 3.63) is 66.4 Å². The second-order valence-electron chi connectivity index (χ2n) is 4.66. The maximum Gasteiger partial charge on any atom is 0.129 e. The van der Waals surface area contributed by atoms with Crippen LogP contribution in [0.1, 0.15) is 5.56 Å². The van der Waals surface area contributed by atoms with Crippen molar-refractivity contribution in [3.63, 3.8) is 0 Å². The van der Waals surface area contributed by atoms with Gasteiger partial charge in [0.2, 0.25) is 0 Å². The van der Waals surface area contributed by atoms with Gasteiger partial charge in [-0.15, -0.1) is 0 Å². The summed E-state index contributed by atoms with van der Waals surface area (Å²) < 4.78 is 8.21. The Morgan fingerprint density at radius 1 is 0.950 bits per heavy atom. The van der Waals surface area contributed by atoms with Gasteiger partial charge in [-0.3, -0.25) is 0 Å². The van der Waals surface area contributed by atoms with E-state index in [0.29, 0.717) is 6.61 Å². The first kappa shape index (κ1) is 13.3. The van der Waals surface area contributed by atoms with Gasteiger partial charge in [-0.1, -0.05) is 52.3 Å². The fourth-order valence-corrected chi connectivity index (χ4v) is 2.72. The number of nitrogens with zero attached hydrogens (tertiary/aromatic N) is 1. The summed E-state index contributed by atoms with van der Waals surface area (Å²) in [6.45, 7) is 1.56. The lowest BCUT2D eigenvalue weighted by atomic mass is 10.2. The van der Waals surface area contributed by atoms with Crippen LogP contribution in [0.4, 0.5) is 0 Å². The number of halogens is 1. The van der Waals surface area contributed by atoms with E-state index in [4.69, 9.17) is 4.74 Å². The summed E-state index contributed by atoms with van der Waals surface area (Å²) in [7, 11) is 0. The molecule has 3 heteroatoms. The van der Waals surface area contributed by atoms with E-state index in [0.717, 1.165) is 17.6 Å². The summed E-state index contributed by atoms with van der Waals surface area (Å²) in [6, 6.07) is 18.6. The second kappa shape index (κ2) is 6.14.